The molecule has 0 aromatic carbocycles. The second-order valence-electron chi connectivity index (χ2n) is 4.43. The zero-order valence-electron chi connectivity index (χ0n) is 9.78. The van der Waals surface area contributed by atoms with Crippen LogP contribution in [0.2, 0.25) is 0 Å². The van der Waals surface area contributed by atoms with Gasteiger partial charge in [0.05, 0.1) is 11.5 Å². The molecule has 0 saturated carbocycles. The molecule has 3 heterocycles. The minimum Gasteiger partial charge on any atom is -0.304 e. The van der Waals surface area contributed by atoms with E-state index in [2.05, 4.69) is 9.97 Å². The number of hydrogen-bond acceptors (Lipinski definition) is 4. The van der Waals surface area contributed by atoms with Crippen LogP contribution in [0.5, 0.6) is 0 Å². The van der Waals surface area contributed by atoms with Crippen molar-refractivity contribution in [2.45, 2.75) is 12.8 Å². The second-order valence-corrected chi connectivity index (χ2v) is 6.73. The molecule has 1 saturated heterocycles. The number of nitrogens with zero attached hydrogens (tertiary/aromatic N) is 3. The number of hydrogen-bond donors (Lipinski definition) is 0. The van der Waals surface area contributed by atoms with Crippen LogP contribution >= 0.6 is 0 Å². The van der Waals surface area contributed by atoms with Crippen molar-refractivity contribution in [3.63, 3.8) is 0 Å². The summed E-state index contributed by atoms with van der Waals surface area (Å²) in [5, 5.41) is 0. The summed E-state index contributed by atoms with van der Waals surface area (Å²) in [4.78, 5) is 8.55. The summed E-state index contributed by atoms with van der Waals surface area (Å²) in [6.45, 7) is 0. The van der Waals surface area contributed by atoms with Crippen LogP contribution < -0.4 is 0 Å². The Balaban J connectivity index is 1.95. The maximum absolute atomic E-state index is 11.4. The summed E-state index contributed by atoms with van der Waals surface area (Å²) in [5.41, 5.74) is 2.74. The van der Waals surface area contributed by atoms with Crippen LogP contribution in [-0.4, -0.2) is 34.3 Å². The lowest BCUT2D eigenvalue weighted by molar-refractivity contribution is 0.589. The lowest BCUT2D eigenvalue weighted by atomic mass is 10.1. The number of sulfone groups is 1. The van der Waals surface area contributed by atoms with Gasteiger partial charge in [-0.1, -0.05) is 5.57 Å². The third kappa shape index (κ3) is 2.15. The molecule has 0 unspecified atom stereocenters. The highest BCUT2D eigenvalue weighted by Crippen LogP contribution is 2.21. The second kappa shape index (κ2) is 4.20. The average molecular weight is 263 g/mol. The van der Waals surface area contributed by atoms with Crippen molar-refractivity contribution in [3.05, 3.63) is 36.1 Å². The van der Waals surface area contributed by atoms with E-state index >= 15 is 0 Å². The molecule has 0 aliphatic carbocycles. The monoisotopic (exact) mass is 263 g/mol. The normalized spacial score (nSPS) is 19.0. The highest BCUT2D eigenvalue weighted by Gasteiger charge is 2.19. The van der Waals surface area contributed by atoms with Gasteiger partial charge < -0.3 is 4.40 Å². The molecule has 2 aromatic heterocycles. The van der Waals surface area contributed by atoms with Crippen LogP contribution in [0.25, 0.3) is 11.7 Å². The van der Waals surface area contributed by atoms with Crippen LogP contribution in [0.15, 0.2) is 30.4 Å². The molecule has 0 spiro atoms. The van der Waals surface area contributed by atoms with Gasteiger partial charge in [0, 0.05) is 24.8 Å². The molecule has 2 aromatic rings. The third-order valence-electron chi connectivity index (χ3n) is 3.15. The molecule has 5 nitrogen and oxygen atoms in total. The molecule has 0 N–H and O–H groups in total. The van der Waals surface area contributed by atoms with Gasteiger partial charge in [-0.25, -0.2) is 13.4 Å². The highest BCUT2D eigenvalue weighted by atomic mass is 32.2. The zero-order chi connectivity index (χ0) is 12.6. The maximum atomic E-state index is 11.4. The SMILES string of the molecule is O=S1(=O)CCC(=Cc2nccn3ccnc23)CC1. The first kappa shape index (κ1) is 11.4. The molecular formula is C12H13N3O2S. The van der Waals surface area contributed by atoms with Crippen molar-refractivity contribution in [1.82, 2.24) is 14.4 Å². The van der Waals surface area contributed by atoms with E-state index in [1.807, 2.05) is 22.9 Å². The van der Waals surface area contributed by atoms with Gasteiger partial charge in [-0.2, -0.15) is 0 Å². The molecule has 0 bridgehead atoms. The number of rotatable bonds is 1. The van der Waals surface area contributed by atoms with Crippen LogP contribution in [0, 0.1) is 0 Å². The molecule has 0 amide bonds. The Morgan fingerprint density at radius 2 is 1.78 bits per heavy atom. The van der Waals surface area contributed by atoms with Crippen LogP contribution in [-0.2, 0) is 9.84 Å². The minimum atomic E-state index is -2.82. The molecule has 6 heteroatoms. The zero-order valence-corrected chi connectivity index (χ0v) is 10.6. The Morgan fingerprint density at radius 3 is 2.50 bits per heavy atom. The summed E-state index contributed by atoms with van der Waals surface area (Å²) in [5.74, 6) is 0.493. The molecule has 0 atom stereocenters. The van der Waals surface area contributed by atoms with Crippen molar-refractivity contribution in [3.8, 4) is 0 Å². The summed E-state index contributed by atoms with van der Waals surface area (Å²) < 4.78 is 24.6. The van der Waals surface area contributed by atoms with E-state index in [0.717, 1.165) is 16.9 Å². The Labute approximate surface area is 105 Å². The van der Waals surface area contributed by atoms with Crippen LogP contribution in [0.1, 0.15) is 18.5 Å². The van der Waals surface area contributed by atoms with Crippen molar-refractivity contribution in [2.75, 3.05) is 11.5 Å². The van der Waals surface area contributed by atoms with Crippen molar-refractivity contribution in [1.29, 1.82) is 0 Å². The van der Waals surface area contributed by atoms with E-state index in [9.17, 15) is 8.42 Å². The van der Waals surface area contributed by atoms with Crippen LogP contribution in [0.4, 0.5) is 0 Å². The van der Waals surface area contributed by atoms with Crippen molar-refractivity contribution in [2.24, 2.45) is 0 Å². The molecule has 94 valence electrons. The lowest BCUT2D eigenvalue weighted by Gasteiger charge is -2.14. The predicted molar refractivity (Wildman–Crippen MR) is 68.9 cm³/mol. The quantitative estimate of drug-likeness (QED) is 0.778. The first-order valence-electron chi connectivity index (χ1n) is 5.82. The first-order chi connectivity index (χ1) is 8.64. The van der Waals surface area contributed by atoms with Gasteiger partial charge in [0.2, 0.25) is 0 Å². The Morgan fingerprint density at radius 1 is 1.11 bits per heavy atom. The Kier molecular flexibility index (Phi) is 2.66. The van der Waals surface area contributed by atoms with E-state index in [1.165, 1.54) is 0 Å². The van der Waals surface area contributed by atoms with Gasteiger partial charge in [-0.05, 0) is 18.9 Å². The Hall–Kier alpha value is -1.69. The van der Waals surface area contributed by atoms with Crippen molar-refractivity contribution < 1.29 is 8.42 Å². The molecular weight excluding hydrogens is 250 g/mol. The summed E-state index contributed by atoms with van der Waals surface area (Å²) >= 11 is 0. The van der Waals surface area contributed by atoms with E-state index in [0.29, 0.717) is 12.8 Å². The number of allylic oxidation sites excluding steroid dienone is 1. The van der Waals surface area contributed by atoms with Gasteiger partial charge in [-0.3, -0.25) is 4.98 Å². The van der Waals surface area contributed by atoms with E-state index < -0.39 is 9.84 Å². The number of aromatic nitrogens is 3. The molecule has 3 rings (SSSR count). The fraction of sp³-hybridized carbons (Fsp3) is 0.333. The van der Waals surface area contributed by atoms with Gasteiger partial charge in [0.25, 0.3) is 0 Å². The summed E-state index contributed by atoms with van der Waals surface area (Å²) in [6.07, 6.45) is 10.3. The van der Waals surface area contributed by atoms with Gasteiger partial charge in [0.1, 0.15) is 5.69 Å². The summed E-state index contributed by atoms with van der Waals surface area (Å²) in [6, 6.07) is 0. The van der Waals surface area contributed by atoms with E-state index in [1.54, 1.807) is 12.4 Å². The lowest BCUT2D eigenvalue weighted by Crippen LogP contribution is -2.17. The molecule has 1 aliphatic rings. The fourth-order valence-electron chi connectivity index (χ4n) is 2.11. The largest absolute Gasteiger partial charge is 0.304 e. The van der Waals surface area contributed by atoms with Crippen molar-refractivity contribution >= 4 is 21.6 Å². The predicted octanol–water partition coefficient (Wildman–Crippen LogP) is 1.32. The molecule has 18 heavy (non-hydrogen) atoms. The summed E-state index contributed by atoms with van der Waals surface area (Å²) in [7, 11) is -2.82. The number of imidazole rings is 1. The maximum Gasteiger partial charge on any atom is 0.162 e. The minimum absolute atomic E-state index is 0.246. The molecule has 1 aliphatic heterocycles. The standard InChI is InChI=1S/C12H13N3O2S/c16-18(17)7-1-10(2-8-18)9-11-12-14-4-6-15(12)5-3-13-11/h3-6,9H,1-2,7-8H2. The third-order valence-corrected chi connectivity index (χ3v) is 4.80. The smallest absolute Gasteiger partial charge is 0.162 e. The molecule has 0 radical (unpaired) electrons. The van der Waals surface area contributed by atoms with Gasteiger partial charge in [-0.15, -0.1) is 0 Å². The van der Waals surface area contributed by atoms with Gasteiger partial charge >= 0.3 is 0 Å². The topological polar surface area (TPSA) is 64.3 Å². The highest BCUT2D eigenvalue weighted by molar-refractivity contribution is 7.91. The Bertz CT molecular complexity index is 700. The molecule has 1 fully saturated rings. The van der Waals surface area contributed by atoms with Crippen LogP contribution in [0.3, 0.4) is 0 Å². The first-order valence-corrected chi connectivity index (χ1v) is 7.64. The fourth-order valence-corrected chi connectivity index (χ4v) is 3.47. The number of fused-ring (bicyclic) bond motifs is 1. The van der Waals surface area contributed by atoms with E-state index in [-0.39, 0.29) is 11.5 Å². The van der Waals surface area contributed by atoms with Gasteiger partial charge in [0.15, 0.2) is 15.5 Å². The van der Waals surface area contributed by atoms with E-state index in [4.69, 9.17) is 0 Å². The average Bonchev–Trinajstić information content (AvgIpc) is 2.81.